The monoisotopic (exact) mass is 244 g/mol. The number of hydrogen-bond acceptors (Lipinski definition) is 2. The van der Waals surface area contributed by atoms with Gasteiger partial charge in [-0.2, -0.15) is 18.3 Å². The van der Waals surface area contributed by atoms with Gasteiger partial charge in [0.15, 0.2) is 5.69 Å². The lowest BCUT2D eigenvalue weighted by Crippen LogP contribution is -2.12. The van der Waals surface area contributed by atoms with Crippen LogP contribution in [0.1, 0.15) is 21.6 Å². The molecule has 1 N–H and O–H groups in total. The van der Waals surface area contributed by atoms with Gasteiger partial charge in [0, 0.05) is 6.20 Å². The highest BCUT2D eigenvalue weighted by molar-refractivity contribution is 5.97. The van der Waals surface area contributed by atoms with Crippen LogP contribution in [-0.4, -0.2) is 20.7 Å². The van der Waals surface area contributed by atoms with E-state index in [9.17, 15) is 18.0 Å². The molecule has 0 spiro atoms. The molecule has 0 unspecified atom stereocenters. The first-order valence-corrected chi connectivity index (χ1v) is 4.60. The number of aromatic nitrogens is 2. The molecule has 0 bridgehead atoms. The highest BCUT2D eigenvalue weighted by atomic mass is 19.4. The van der Waals surface area contributed by atoms with Crippen molar-refractivity contribution in [3.05, 3.63) is 35.2 Å². The number of carboxylic acids is 1. The van der Waals surface area contributed by atoms with Crippen LogP contribution in [0.2, 0.25) is 0 Å². The number of aromatic carboxylic acids is 1. The number of aryl methyl sites for hydroxylation is 1. The minimum absolute atomic E-state index is 0.0650. The van der Waals surface area contributed by atoms with Crippen molar-refractivity contribution >= 4 is 11.5 Å². The van der Waals surface area contributed by atoms with Gasteiger partial charge in [-0.1, -0.05) is 0 Å². The van der Waals surface area contributed by atoms with Gasteiger partial charge in [0.05, 0.1) is 5.52 Å². The maximum absolute atomic E-state index is 12.6. The minimum atomic E-state index is -4.78. The summed E-state index contributed by atoms with van der Waals surface area (Å²) in [5.74, 6) is -1.64. The molecular weight excluding hydrogens is 237 g/mol. The fourth-order valence-electron chi connectivity index (χ4n) is 1.56. The van der Waals surface area contributed by atoms with E-state index < -0.39 is 23.4 Å². The van der Waals surface area contributed by atoms with Crippen LogP contribution in [0.15, 0.2) is 18.3 Å². The summed E-state index contributed by atoms with van der Waals surface area (Å²) in [5, 5.41) is 12.1. The van der Waals surface area contributed by atoms with Gasteiger partial charge in [0.2, 0.25) is 0 Å². The number of carbonyl (C=O) groups is 1. The van der Waals surface area contributed by atoms with Crippen LogP contribution < -0.4 is 0 Å². The number of pyridine rings is 1. The first-order chi connectivity index (χ1) is 7.80. The Hall–Kier alpha value is -2.05. The van der Waals surface area contributed by atoms with Crippen LogP contribution in [0.25, 0.3) is 5.52 Å². The van der Waals surface area contributed by atoms with Crippen molar-refractivity contribution in [2.24, 2.45) is 0 Å². The second-order valence-electron chi connectivity index (χ2n) is 3.56. The molecule has 0 aliphatic rings. The van der Waals surface area contributed by atoms with Crippen molar-refractivity contribution in [1.82, 2.24) is 9.61 Å². The lowest BCUT2D eigenvalue weighted by Gasteiger charge is -2.02. The predicted octanol–water partition coefficient (Wildman–Crippen LogP) is 2.36. The van der Waals surface area contributed by atoms with E-state index in [1.807, 2.05) is 0 Å². The number of fused-ring (bicyclic) bond motifs is 1. The number of halogens is 3. The maximum atomic E-state index is 12.6. The minimum Gasteiger partial charge on any atom is -0.478 e. The van der Waals surface area contributed by atoms with Gasteiger partial charge in [-0.15, -0.1) is 0 Å². The van der Waals surface area contributed by atoms with E-state index in [1.165, 1.54) is 12.3 Å². The highest BCUT2D eigenvalue weighted by Gasteiger charge is 2.40. The third-order valence-corrected chi connectivity index (χ3v) is 2.27. The summed E-state index contributed by atoms with van der Waals surface area (Å²) in [4.78, 5) is 10.9. The number of alkyl halides is 3. The van der Waals surface area contributed by atoms with E-state index in [2.05, 4.69) is 5.10 Å². The molecule has 0 atom stereocenters. The highest BCUT2D eigenvalue weighted by Crippen LogP contribution is 2.33. The van der Waals surface area contributed by atoms with Crippen molar-refractivity contribution in [2.75, 3.05) is 0 Å². The Kier molecular flexibility index (Phi) is 2.34. The molecule has 2 aromatic heterocycles. The Morgan fingerprint density at radius 3 is 2.65 bits per heavy atom. The summed E-state index contributed by atoms with van der Waals surface area (Å²) in [6.45, 7) is 1.66. The summed E-state index contributed by atoms with van der Waals surface area (Å²) < 4.78 is 38.7. The maximum Gasteiger partial charge on any atom is 0.436 e. The van der Waals surface area contributed by atoms with Crippen molar-refractivity contribution in [3.8, 4) is 0 Å². The van der Waals surface area contributed by atoms with E-state index in [0.29, 0.717) is 5.56 Å². The van der Waals surface area contributed by atoms with Crippen LogP contribution >= 0.6 is 0 Å². The molecule has 0 saturated carbocycles. The zero-order valence-electron chi connectivity index (χ0n) is 8.62. The van der Waals surface area contributed by atoms with Crippen molar-refractivity contribution in [3.63, 3.8) is 0 Å². The average Bonchev–Trinajstić information content (AvgIpc) is 2.55. The third kappa shape index (κ3) is 1.83. The van der Waals surface area contributed by atoms with Crippen molar-refractivity contribution < 1.29 is 23.1 Å². The molecule has 0 saturated heterocycles. The Morgan fingerprint density at radius 1 is 1.47 bits per heavy atom. The van der Waals surface area contributed by atoms with E-state index in [4.69, 9.17) is 5.11 Å². The molecule has 4 nitrogen and oxygen atoms in total. The molecule has 0 aliphatic carbocycles. The normalized spacial score (nSPS) is 12.0. The first-order valence-electron chi connectivity index (χ1n) is 4.60. The van der Waals surface area contributed by atoms with Gasteiger partial charge in [-0.05, 0) is 24.6 Å². The number of nitrogens with zero attached hydrogens (tertiary/aromatic N) is 2. The molecule has 2 heterocycles. The van der Waals surface area contributed by atoms with Gasteiger partial charge >= 0.3 is 12.1 Å². The summed E-state index contributed by atoms with van der Waals surface area (Å²) in [6.07, 6.45) is -3.49. The second-order valence-corrected chi connectivity index (χ2v) is 3.56. The van der Waals surface area contributed by atoms with Crippen LogP contribution in [0.4, 0.5) is 13.2 Å². The quantitative estimate of drug-likeness (QED) is 0.837. The summed E-state index contributed by atoms with van der Waals surface area (Å²) in [5.41, 5.74) is -1.60. The van der Waals surface area contributed by atoms with Crippen molar-refractivity contribution in [1.29, 1.82) is 0 Å². The zero-order valence-corrected chi connectivity index (χ0v) is 8.62. The van der Waals surface area contributed by atoms with Gasteiger partial charge in [-0.25, -0.2) is 9.31 Å². The molecule has 2 rings (SSSR count). The van der Waals surface area contributed by atoms with E-state index in [-0.39, 0.29) is 5.52 Å². The average molecular weight is 244 g/mol. The van der Waals surface area contributed by atoms with Gasteiger partial charge < -0.3 is 5.11 Å². The SMILES string of the molecule is Cc1ccn2nc(C(F)(F)F)c(C(=O)O)c2c1. The lowest BCUT2D eigenvalue weighted by molar-refractivity contribution is -0.141. The van der Waals surface area contributed by atoms with Gasteiger partial charge in [-0.3, -0.25) is 0 Å². The van der Waals surface area contributed by atoms with Crippen LogP contribution in [0.5, 0.6) is 0 Å². The lowest BCUT2D eigenvalue weighted by atomic mass is 10.1. The summed E-state index contributed by atoms with van der Waals surface area (Å²) in [6, 6.07) is 2.90. The van der Waals surface area contributed by atoms with E-state index in [1.54, 1.807) is 13.0 Å². The van der Waals surface area contributed by atoms with Crippen LogP contribution in [0.3, 0.4) is 0 Å². The van der Waals surface area contributed by atoms with Gasteiger partial charge in [0.25, 0.3) is 0 Å². The van der Waals surface area contributed by atoms with E-state index >= 15 is 0 Å². The molecule has 90 valence electrons. The summed E-state index contributed by atoms with van der Waals surface area (Å²) >= 11 is 0. The Morgan fingerprint density at radius 2 is 2.12 bits per heavy atom. The molecule has 0 aromatic carbocycles. The zero-order chi connectivity index (χ0) is 12.8. The molecule has 2 aromatic rings. The molecule has 0 amide bonds. The Labute approximate surface area is 93.3 Å². The Bertz CT molecular complexity index is 601. The molecule has 0 aliphatic heterocycles. The van der Waals surface area contributed by atoms with Crippen LogP contribution in [0, 0.1) is 6.92 Å². The molecule has 7 heteroatoms. The molecule has 17 heavy (non-hydrogen) atoms. The third-order valence-electron chi connectivity index (χ3n) is 2.27. The molecule has 0 fully saturated rings. The molecular formula is C10H7F3N2O2. The van der Waals surface area contributed by atoms with Crippen LogP contribution in [-0.2, 0) is 6.18 Å². The molecule has 0 radical (unpaired) electrons. The largest absolute Gasteiger partial charge is 0.478 e. The number of rotatable bonds is 1. The van der Waals surface area contributed by atoms with Gasteiger partial charge in [0.1, 0.15) is 5.56 Å². The van der Waals surface area contributed by atoms with Crippen molar-refractivity contribution in [2.45, 2.75) is 13.1 Å². The second kappa shape index (κ2) is 3.47. The predicted molar refractivity (Wildman–Crippen MR) is 51.9 cm³/mol. The first kappa shape index (κ1) is 11.4. The van der Waals surface area contributed by atoms with E-state index in [0.717, 1.165) is 4.52 Å². The standard InChI is InChI=1S/C10H7F3N2O2/c1-5-2-3-15-6(4-5)7(9(16)17)8(14-15)10(11,12)13/h2-4H,1H3,(H,16,17). The number of carboxylic acid groups (broad SMARTS) is 1. The summed E-state index contributed by atoms with van der Waals surface area (Å²) in [7, 11) is 0. The Balaban J connectivity index is 2.86. The fraction of sp³-hybridized carbons (Fsp3) is 0.200. The number of hydrogen-bond donors (Lipinski definition) is 1. The smallest absolute Gasteiger partial charge is 0.436 e. The topological polar surface area (TPSA) is 54.6 Å². The fourth-order valence-corrected chi connectivity index (χ4v) is 1.56.